The Morgan fingerprint density at radius 2 is 2.15 bits per heavy atom. The number of carbonyl (C=O) groups is 1. The molecule has 0 bridgehead atoms. The highest BCUT2D eigenvalue weighted by Gasteiger charge is 2.12. The number of ether oxygens (including phenoxy) is 1. The van der Waals surface area contributed by atoms with Crippen LogP contribution in [0, 0.1) is 6.92 Å². The first-order valence-electron chi connectivity index (χ1n) is 8.77. The van der Waals surface area contributed by atoms with Crippen LogP contribution < -0.4 is 10.6 Å². The molecule has 2 aromatic heterocycles. The first-order valence-corrected chi connectivity index (χ1v) is 8.77. The molecule has 0 aromatic carbocycles. The zero-order valence-electron chi connectivity index (χ0n) is 14.9. The molecule has 3 rings (SSSR count). The SMILES string of the molecule is Cc1cc(C(=O)NCc2cccnc2)nc(NCCN2CCOCC2)n1. The van der Waals surface area contributed by atoms with E-state index in [9.17, 15) is 4.79 Å². The van der Waals surface area contributed by atoms with Gasteiger partial charge in [0, 0.05) is 50.8 Å². The maximum Gasteiger partial charge on any atom is 0.270 e. The molecule has 0 saturated carbocycles. The van der Waals surface area contributed by atoms with Crippen molar-refractivity contribution in [1.82, 2.24) is 25.2 Å². The molecule has 138 valence electrons. The van der Waals surface area contributed by atoms with Crippen molar-refractivity contribution in [2.75, 3.05) is 44.7 Å². The Labute approximate surface area is 153 Å². The van der Waals surface area contributed by atoms with Crippen LogP contribution in [-0.2, 0) is 11.3 Å². The van der Waals surface area contributed by atoms with Gasteiger partial charge < -0.3 is 15.4 Å². The molecule has 2 aromatic rings. The Balaban J connectivity index is 1.53. The van der Waals surface area contributed by atoms with E-state index >= 15 is 0 Å². The standard InChI is InChI=1S/C18H24N6O2/c1-14-11-16(17(25)21-13-15-3-2-4-19-12-15)23-18(22-14)20-5-6-24-7-9-26-10-8-24/h2-4,11-12H,5-10,13H2,1H3,(H,21,25)(H,20,22,23). The first-order chi connectivity index (χ1) is 12.7. The lowest BCUT2D eigenvalue weighted by Gasteiger charge is -2.26. The summed E-state index contributed by atoms with van der Waals surface area (Å²) in [7, 11) is 0. The highest BCUT2D eigenvalue weighted by molar-refractivity contribution is 5.92. The molecule has 0 aliphatic carbocycles. The number of morpholine rings is 1. The molecule has 1 aliphatic heterocycles. The minimum atomic E-state index is -0.226. The summed E-state index contributed by atoms with van der Waals surface area (Å²) in [5.41, 5.74) is 2.05. The maximum absolute atomic E-state index is 12.4. The van der Waals surface area contributed by atoms with Gasteiger partial charge >= 0.3 is 0 Å². The summed E-state index contributed by atoms with van der Waals surface area (Å²) in [6.45, 7) is 7.33. The third kappa shape index (κ3) is 5.47. The van der Waals surface area contributed by atoms with Gasteiger partial charge in [0.25, 0.3) is 5.91 Å². The van der Waals surface area contributed by atoms with Crippen LogP contribution >= 0.6 is 0 Å². The second-order valence-electron chi connectivity index (χ2n) is 6.14. The number of hydrogen-bond donors (Lipinski definition) is 2. The molecule has 1 aliphatic rings. The van der Waals surface area contributed by atoms with Crippen molar-refractivity contribution < 1.29 is 9.53 Å². The summed E-state index contributed by atoms with van der Waals surface area (Å²) in [6.07, 6.45) is 3.43. The van der Waals surface area contributed by atoms with E-state index in [1.165, 1.54) is 0 Å². The molecule has 0 unspecified atom stereocenters. The van der Waals surface area contributed by atoms with Crippen LogP contribution in [0.3, 0.4) is 0 Å². The Morgan fingerprint density at radius 3 is 2.92 bits per heavy atom. The zero-order chi connectivity index (χ0) is 18.2. The van der Waals surface area contributed by atoms with Gasteiger partial charge in [0.1, 0.15) is 5.69 Å². The van der Waals surface area contributed by atoms with E-state index in [2.05, 4.69) is 30.5 Å². The maximum atomic E-state index is 12.4. The Morgan fingerprint density at radius 1 is 1.31 bits per heavy atom. The van der Waals surface area contributed by atoms with Crippen molar-refractivity contribution in [2.24, 2.45) is 0 Å². The van der Waals surface area contributed by atoms with Gasteiger partial charge in [-0.3, -0.25) is 14.7 Å². The van der Waals surface area contributed by atoms with E-state index in [4.69, 9.17) is 4.74 Å². The van der Waals surface area contributed by atoms with Crippen LogP contribution in [-0.4, -0.2) is 65.2 Å². The minimum Gasteiger partial charge on any atom is -0.379 e. The average Bonchev–Trinajstić information content (AvgIpc) is 2.67. The van der Waals surface area contributed by atoms with E-state index in [1.807, 2.05) is 19.1 Å². The number of hydrogen-bond acceptors (Lipinski definition) is 7. The third-order valence-corrected chi connectivity index (χ3v) is 4.08. The molecule has 3 heterocycles. The van der Waals surface area contributed by atoms with Gasteiger partial charge in [-0.1, -0.05) is 6.07 Å². The summed E-state index contributed by atoms with van der Waals surface area (Å²) in [5, 5.41) is 6.07. The Bertz CT molecular complexity index is 719. The van der Waals surface area contributed by atoms with E-state index in [0.717, 1.165) is 50.7 Å². The van der Waals surface area contributed by atoms with Gasteiger partial charge in [-0.2, -0.15) is 0 Å². The van der Waals surface area contributed by atoms with Crippen LogP contribution in [0.5, 0.6) is 0 Å². The number of amides is 1. The quantitative estimate of drug-likeness (QED) is 0.760. The number of pyridine rings is 1. The van der Waals surface area contributed by atoms with E-state index in [0.29, 0.717) is 18.2 Å². The monoisotopic (exact) mass is 356 g/mol. The van der Waals surface area contributed by atoms with Crippen molar-refractivity contribution in [1.29, 1.82) is 0 Å². The van der Waals surface area contributed by atoms with Crippen molar-refractivity contribution in [2.45, 2.75) is 13.5 Å². The molecule has 8 nitrogen and oxygen atoms in total. The van der Waals surface area contributed by atoms with Crippen molar-refractivity contribution in [3.05, 3.63) is 47.5 Å². The predicted octanol–water partition coefficient (Wildman–Crippen LogP) is 0.854. The molecule has 2 N–H and O–H groups in total. The lowest BCUT2D eigenvalue weighted by atomic mass is 10.2. The van der Waals surface area contributed by atoms with Gasteiger partial charge in [0.15, 0.2) is 0 Å². The molecule has 26 heavy (non-hydrogen) atoms. The summed E-state index contributed by atoms with van der Waals surface area (Å²) in [4.78, 5) is 27.4. The van der Waals surface area contributed by atoms with Crippen LogP contribution in [0.15, 0.2) is 30.6 Å². The predicted molar refractivity (Wildman–Crippen MR) is 97.9 cm³/mol. The number of nitrogens with zero attached hydrogens (tertiary/aromatic N) is 4. The van der Waals surface area contributed by atoms with Crippen LogP contribution in [0.1, 0.15) is 21.7 Å². The summed E-state index contributed by atoms with van der Waals surface area (Å²) in [5.74, 6) is 0.250. The van der Waals surface area contributed by atoms with Crippen LogP contribution in [0.4, 0.5) is 5.95 Å². The molecule has 0 spiro atoms. The van der Waals surface area contributed by atoms with Gasteiger partial charge in [-0.25, -0.2) is 9.97 Å². The number of aromatic nitrogens is 3. The molecule has 0 atom stereocenters. The lowest BCUT2D eigenvalue weighted by molar-refractivity contribution is 0.0398. The van der Waals surface area contributed by atoms with Crippen molar-refractivity contribution >= 4 is 11.9 Å². The smallest absolute Gasteiger partial charge is 0.270 e. The second kappa shape index (κ2) is 9.21. The van der Waals surface area contributed by atoms with Crippen molar-refractivity contribution in [3.8, 4) is 0 Å². The fraction of sp³-hybridized carbons (Fsp3) is 0.444. The van der Waals surface area contributed by atoms with E-state index in [1.54, 1.807) is 18.5 Å². The fourth-order valence-electron chi connectivity index (χ4n) is 2.69. The number of nitrogens with one attached hydrogen (secondary N) is 2. The van der Waals surface area contributed by atoms with E-state index < -0.39 is 0 Å². The number of rotatable bonds is 7. The lowest BCUT2D eigenvalue weighted by Crippen LogP contribution is -2.39. The summed E-state index contributed by atoms with van der Waals surface area (Å²) >= 11 is 0. The number of carbonyl (C=O) groups excluding carboxylic acids is 1. The van der Waals surface area contributed by atoms with Crippen LogP contribution in [0.2, 0.25) is 0 Å². The topological polar surface area (TPSA) is 92.3 Å². The number of anilines is 1. The Kier molecular flexibility index (Phi) is 6.45. The number of aryl methyl sites for hydroxylation is 1. The molecule has 1 saturated heterocycles. The van der Waals surface area contributed by atoms with Gasteiger partial charge in [-0.15, -0.1) is 0 Å². The molecular formula is C18H24N6O2. The van der Waals surface area contributed by atoms with E-state index in [-0.39, 0.29) is 5.91 Å². The van der Waals surface area contributed by atoms with Crippen molar-refractivity contribution in [3.63, 3.8) is 0 Å². The Hall–Kier alpha value is -2.58. The highest BCUT2D eigenvalue weighted by Crippen LogP contribution is 2.06. The third-order valence-electron chi connectivity index (χ3n) is 4.08. The van der Waals surface area contributed by atoms with Crippen LogP contribution in [0.25, 0.3) is 0 Å². The van der Waals surface area contributed by atoms with Gasteiger partial charge in [0.05, 0.1) is 13.2 Å². The molecule has 0 radical (unpaired) electrons. The minimum absolute atomic E-state index is 0.226. The zero-order valence-corrected chi connectivity index (χ0v) is 14.9. The molecule has 8 heteroatoms. The fourth-order valence-corrected chi connectivity index (χ4v) is 2.69. The highest BCUT2D eigenvalue weighted by atomic mass is 16.5. The normalized spacial score (nSPS) is 14.8. The molecule has 1 amide bonds. The molecule has 1 fully saturated rings. The summed E-state index contributed by atoms with van der Waals surface area (Å²) in [6, 6.07) is 5.44. The first kappa shape index (κ1) is 18.2. The molecular weight excluding hydrogens is 332 g/mol. The largest absolute Gasteiger partial charge is 0.379 e. The van der Waals surface area contributed by atoms with Gasteiger partial charge in [0.2, 0.25) is 5.95 Å². The average molecular weight is 356 g/mol. The van der Waals surface area contributed by atoms with Gasteiger partial charge in [-0.05, 0) is 24.6 Å². The summed E-state index contributed by atoms with van der Waals surface area (Å²) < 4.78 is 5.34. The second-order valence-corrected chi connectivity index (χ2v) is 6.14.